The predicted octanol–water partition coefficient (Wildman–Crippen LogP) is 4.12. The highest BCUT2D eigenvalue weighted by Crippen LogP contribution is 2.40. The molecular weight excluding hydrogens is 304 g/mol. The van der Waals surface area contributed by atoms with E-state index in [1.54, 1.807) is 6.92 Å². The predicted molar refractivity (Wildman–Crippen MR) is 65.5 cm³/mol. The van der Waals surface area contributed by atoms with E-state index in [9.17, 15) is 18.0 Å². The van der Waals surface area contributed by atoms with Gasteiger partial charge in [0, 0.05) is 10.6 Å². The van der Waals surface area contributed by atoms with E-state index < -0.39 is 23.1 Å². The summed E-state index contributed by atoms with van der Waals surface area (Å²) in [5.74, 6) is 0.0494. The van der Waals surface area contributed by atoms with Crippen molar-refractivity contribution in [2.45, 2.75) is 19.2 Å². The average molecular weight is 311 g/mol. The molecule has 1 atom stereocenters. The highest BCUT2D eigenvalue weighted by molar-refractivity contribution is 6.68. The van der Waals surface area contributed by atoms with Crippen molar-refractivity contribution in [3.05, 3.63) is 33.9 Å². The van der Waals surface area contributed by atoms with Gasteiger partial charge in [-0.05, 0) is 42.3 Å². The lowest BCUT2D eigenvalue weighted by molar-refractivity contribution is -0.184. The molecule has 0 bridgehead atoms. The zero-order chi connectivity index (χ0) is 14.4. The molecule has 0 fully saturated rings. The number of ether oxygens (including phenoxy) is 1. The van der Waals surface area contributed by atoms with Crippen molar-refractivity contribution >= 4 is 34.5 Å². The summed E-state index contributed by atoms with van der Waals surface area (Å²) >= 11 is 11.0. The van der Waals surface area contributed by atoms with Crippen molar-refractivity contribution in [2.24, 2.45) is 0 Å². The van der Waals surface area contributed by atoms with Crippen LogP contribution in [0.3, 0.4) is 0 Å². The second kappa shape index (κ2) is 4.72. The Morgan fingerprint density at radius 1 is 1.37 bits per heavy atom. The molecule has 0 saturated heterocycles. The van der Waals surface area contributed by atoms with Crippen LogP contribution < -0.4 is 4.74 Å². The van der Waals surface area contributed by atoms with Crippen LogP contribution >= 0.6 is 23.2 Å². The molecule has 2 nitrogen and oxygen atoms in total. The maximum atomic E-state index is 12.9. The van der Waals surface area contributed by atoms with Gasteiger partial charge in [-0.2, -0.15) is 13.2 Å². The number of alkyl halides is 3. The highest BCUT2D eigenvalue weighted by Gasteiger charge is 2.48. The van der Waals surface area contributed by atoms with Crippen LogP contribution in [0.1, 0.15) is 11.1 Å². The van der Waals surface area contributed by atoms with Crippen LogP contribution in [-0.4, -0.2) is 17.5 Å². The molecule has 102 valence electrons. The van der Waals surface area contributed by atoms with Crippen molar-refractivity contribution < 1.29 is 22.7 Å². The molecule has 1 aliphatic rings. The maximum absolute atomic E-state index is 12.9. The smallest absolute Gasteiger partial charge is 0.429 e. The summed E-state index contributed by atoms with van der Waals surface area (Å²) in [5, 5.41) is -0.867. The van der Waals surface area contributed by atoms with E-state index in [1.807, 2.05) is 0 Å². The van der Waals surface area contributed by atoms with Crippen LogP contribution in [0.25, 0.3) is 6.08 Å². The topological polar surface area (TPSA) is 26.3 Å². The molecule has 1 aliphatic heterocycles. The summed E-state index contributed by atoms with van der Waals surface area (Å²) < 4.78 is 43.5. The second-order valence-electron chi connectivity index (χ2n) is 4.05. The number of hydrogen-bond donors (Lipinski definition) is 0. The van der Waals surface area contributed by atoms with Gasteiger partial charge < -0.3 is 4.74 Å². The standard InChI is InChI=1S/C12H7Cl2F3O2/c1-5-2-7(13)3-6-4-8(11(14)18)10(12(15,16)17)19-9(5)6/h2-4,10H,1H3. The van der Waals surface area contributed by atoms with Gasteiger partial charge in [-0.1, -0.05) is 11.6 Å². The number of hydrogen-bond acceptors (Lipinski definition) is 2. The number of carbonyl (C=O) groups excluding carboxylic acids is 1. The van der Waals surface area contributed by atoms with Crippen LogP contribution in [0.4, 0.5) is 13.2 Å². The van der Waals surface area contributed by atoms with Crippen molar-refractivity contribution in [2.75, 3.05) is 0 Å². The molecular formula is C12H7Cl2F3O2. The van der Waals surface area contributed by atoms with Gasteiger partial charge in [-0.3, -0.25) is 4.79 Å². The average Bonchev–Trinajstić information content (AvgIpc) is 2.25. The van der Waals surface area contributed by atoms with Crippen LogP contribution in [0, 0.1) is 6.92 Å². The Hall–Kier alpha value is -1.20. The first-order chi connectivity index (χ1) is 8.70. The van der Waals surface area contributed by atoms with Crippen molar-refractivity contribution in [3.8, 4) is 5.75 Å². The number of halogens is 5. The molecule has 0 N–H and O–H groups in total. The Morgan fingerprint density at radius 2 is 2.00 bits per heavy atom. The Kier molecular flexibility index (Phi) is 3.53. The van der Waals surface area contributed by atoms with E-state index in [4.69, 9.17) is 27.9 Å². The van der Waals surface area contributed by atoms with Crippen LogP contribution in [-0.2, 0) is 4.79 Å². The van der Waals surface area contributed by atoms with Gasteiger partial charge in [-0.15, -0.1) is 0 Å². The first-order valence-electron chi connectivity index (χ1n) is 5.15. The van der Waals surface area contributed by atoms with Crippen molar-refractivity contribution in [1.29, 1.82) is 0 Å². The third kappa shape index (κ3) is 2.72. The monoisotopic (exact) mass is 310 g/mol. The van der Waals surface area contributed by atoms with E-state index >= 15 is 0 Å². The summed E-state index contributed by atoms with van der Waals surface area (Å²) in [6, 6.07) is 2.89. The molecule has 1 aromatic rings. The minimum atomic E-state index is -4.72. The molecule has 0 saturated carbocycles. The molecule has 0 amide bonds. The molecule has 19 heavy (non-hydrogen) atoms. The Labute approximate surface area is 116 Å². The Bertz CT molecular complexity index is 579. The van der Waals surface area contributed by atoms with Gasteiger partial charge in [0.15, 0.2) is 0 Å². The van der Waals surface area contributed by atoms with E-state index in [2.05, 4.69) is 0 Å². The molecule has 0 aliphatic carbocycles. The van der Waals surface area contributed by atoms with Crippen LogP contribution in [0.15, 0.2) is 17.7 Å². The van der Waals surface area contributed by atoms with Gasteiger partial charge >= 0.3 is 6.18 Å². The first kappa shape index (κ1) is 14.2. The lowest BCUT2D eigenvalue weighted by atomic mass is 10.00. The fraction of sp³-hybridized carbons (Fsp3) is 0.250. The molecule has 0 radical (unpaired) electrons. The third-order valence-corrected chi connectivity index (χ3v) is 3.06. The highest BCUT2D eigenvalue weighted by atomic mass is 35.5. The molecule has 1 aromatic carbocycles. The molecule has 0 spiro atoms. The minimum absolute atomic E-state index is 0.0494. The van der Waals surface area contributed by atoms with Gasteiger partial charge in [0.05, 0.1) is 5.57 Å². The largest absolute Gasteiger partial charge is 0.475 e. The summed E-state index contributed by atoms with van der Waals surface area (Å²) in [4.78, 5) is 11.1. The van der Waals surface area contributed by atoms with E-state index in [0.29, 0.717) is 16.1 Å². The SMILES string of the molecule is Cc1cc(Cl)cc2c1OC(C(F)(F)F)C(C(=O)Cl)=C2. The lowest BCUT2D eigenvalue weighted by Crippen LogP contribution is -2.39. The normalized spacial score (nSPS) is 18.4. The van der Waals surface area contributed by atoms with Gasteiger partial charge in [0.2, 0.25) is 6.10 Å². The van der Waals surface area contributed by atoms with Gasteiger partial charge in [0.25, 0.3) is 5.24 Å². The molecule has 0 aromatic heterocycles. The number of carbonyl (C=O) groups is 1. The fourth-order valence-corrected chi connectivity index (χ4v) is 2.29. The van der Waals surface area contributed by atoms with Crippen LogP contribution in [0.2, 0.25) is 5.02 Å². The summed E-state index contributed by atoms with van der Waals surface area (Å²) in [6.45, 7) is 1.57. The summed E-state index contributed by atoms with van der Waals surface area (Å²) in [6.07, 6.45) is -6.02. The molecule has 7 heteroatoms. The zero-order valence-corrected chi connectivity index (χ0v) is 11.0. The zero-order valence-electron chi connectivity index (χ0n) is 9.52. The van der Waals surface area contributed by atoms with Gasteiger partial charge in [0.1, 0.15) is 5.75 Å². The number of benzene rings is 1. The fourth-order valence-electron chi connectivity index (χ4n) is 1.85. The quantitative estimate of drug-likeness (QED) is 0.729. The molecule has 1 heterocycles. The lowest BCUT2D eigenvalue weighted by Gasteiger charge is -2.28. The maximum Gasteiger partial charge on any atom is 0.429 e. The number of rotatable bonds is 1. The van der Waals surface area contributed by atoms with Crippen LogP contribution in [0.5, 0.6) is 5.75 Å². The van der Waals surface area contributed by atoms with Gasteiger partial charge in [-0.25, -0.2) is 0 Å². The Balaban J connectivity index is 2.61. The number of fused-ring (bicyclic) bond motifs is 1. The third-order valence-electron chi connectivity index (χ3n) is 2.62. The van der Waals surface area contributed by atoms with Crippen molar-refractivity contribution in [1.82, 2.24) is 0 Å². The minimum Gasteiger partial charge on any atom is -0.475 e. The van der Waals surface area contributed by atoms with E-state index in [-0.39, 0.29) is 5.75 Å². The summed E-state index contributed by atoms with van der Waals surface area (Å²) in [5.41, 5.74) is 0.104. The summed E-state index contributed by atoms with van der Waals surface area (Å²) in [7, 11) is 0. The molecule has 1 unspecified atom stereocenters. The van der Waals surface area contributed by atoms with E-state index in [1.165, 1.54) is 12.1 Å². The molecule has 2 rings (SSSR count). The van der Waals surface area contributed by atoms with E-state index in [0.717, 1.165) is 6.08 Å². The Morgan fingerprint density at radius 3 is 2.53 bits per heavy atom. The van der Waals surface area contributed by atoms with Crippen molar-refractivity contribution in [3.63, 3.8) is 0 Å². The second-order valence-corrected chi connectivity index (χ2v) is 4.83. The number of aryl methyl sites for hydroxylation is 1. The first-order valence-corrected chi connectivity index (χ1v) is 5.90.